The molecule has 0 bridgehead atoms. The molecule has 1 aromatic carbocycles. The van der Waals surface area contributed by atoms with Crippen molar-refractivity contribution in [1.29, 1.82) is 0 Å². The van der Waals surface area contributed by atoms with Crippen LogP contribution < -0.4 is 14.8 Å². The molecule has 3 aliphatic carbocycles. The highest BCUT2D eigenvalue weighted by atomic mass is 16.8. The summed E-state index contributed by atoms with van der Waals surface area (Å²) in [4.78, 5) is 36.7. The van der Waals surface area contributed by atoms with E-state index in [0.717, 1.165) is 88.2 Å². The van der Waals surface area contributed by atoms with Crippen LogP contribution in [0, 0.1) is 23.7 Å². The van der Waals surface area contributed by atoms with Gasteiger partial charge in [-0.1, -0.05) is 121 Å². The molecule has 14 nitrogen and oxygen atoms in total. The van der Waals surface area contributed by atoms with Crippen LogP contribution in [-0.2, 0) is 23.8 Å². The van der Waals surface area contributed by atoms with E-state index in [4.69, 9.17) is 33.7 Å². The predicted molar refractivity (Wildman–Crippen MR) is 276 cm³/mol. The fourth-order valence-electron chi connectivity index (χ4n) is 12.1. The lowest BCUT2D eigenvalue weighted by Gasteiger charge is -2.60. The van der Waals surface area contributed by atoms with Gasteiger partial charge in [0.05, 0.1) is 44.7 Å². The Kier molecular flexibility index (Phi) is 25.0. The number of ether oxygens (including phenoxy) is 5. The first-order valence-corrected chi connectivity index (χ1v) is 28.2. The minimum Gasteiger partial charge on any atom is -0.459 e. The largest absolute Gasteiger partial charge is 0.459 e. The summed E-state index contributed by atoms with van der Waals surface area (Å²) >= 11 is 0. The molecule has 14 heteroatoms. The molecule has 1 saturated heterocycles. The molecule has 4 N–H and O–H groups in total. The Morgan fingerprint density at radius 2 is 1.61 bits per heavy atom. The average Bonchev–Trinajstić information content (AvgIpc) is 3.92. The molecule has 2 aliphatic heterocycles. The summed E-state index contributed by atoms with van der Waals surface area (Å²) in [6, 6.07) is 4.90. The maximum atomic E-state index is 15.0. The Morgan fingerprint density at radius 1 is 0.873 bits per heavy atom. The van der Waals surface area contributed by atoms with Crippen molar-refractivity contribution in [1.82, 2.24) is 10.2 Å². The number of benzene rings is 1. The smallest absolute Gasteiger partial charge is 0.412 e. The van der Waals surface area contributed by atoms with Crippen molar-refractivity contribution in [2.45, 2.75) is 198 Å². The van der Waals surface area contributed by atoms with Crippen molar-refractivity contribution >= 4 is 17.7 Å². The van der Waals surface area contributed by atoms with E-state index in [1.165, 1.54) is 57.8 Å². The lowest BCUT2D eigenvalue weighted by atomic mass is 9.55. The molecular formula is C57H91N3O11. The van der Waals surface area contributed by atoms with Crippen LogP contribution in [0.15, 0.2) is 47.7 Å². The number of carbonyl (C=O) groups excluding carboxylic acids is 2. The molecule has 1 aromatic rings. The van der Waals surface area contributed by atoms with Gasteiger partial charge in [-0.05, 0) is 92.9 Å². The Morgan fingerprint density at radius 3 is 2.31 bits per heavy atom. The van der Waals surface area contributed by atoms with Gasteiger partial charge in [-0.15, -0.1) is 6.58 Å². The Balaban J connectivity index is 1.39. The van der Waals surface area contributed by atoms with Gasteiger partial charge in [0, 0.05) is 57.0 Å². The number of hydrogen-bond donors (Lipinski definition) is 4. The fourth-order valence-corrected chi connectivity index (χ4v) is 12.1. The molecule has 7 atom stereocenters. The first-order chi connectivity index (χ1) is 34.9. The molecule has 2 amide bonds. The van der Waals surface area contributed by atoms with Crippen LogP contribution in [0.25, 0.3) is 0 Å². The van der Waals surface area contributed by atoms with Gasteiger partial charge in [-0.2, -0.15) is 0 Å². The van der Waals surface area contributed by atoms with E-state index in [-0.39, 0.29) is 76.3 Å². The molecule has 6 rings (SSSR count). The summed E-state index contributed by atoms with van der Waals surface area (Å²) in [7, 11) is 0. The Labute approximate surface area is 425 Å². The third kappa shape index (κ3) is 16.5. The number of hydrogen-bond acceptors (Lipinski definition) is 12. The number of oxime groups is 1. The summed E-state index contributed by atoms with van der Waals surface area (Å²) in [6.07, 6.45) is 28.3. The van der Waals surface area contributed by atoms with E-state index >= 15 is 4.79 Å². The number of unbranched alkanes of at least 4 members (excludes halogenated alkanes) is 11. The Bertz CT molecular complexity index is 1800. The summed E-state index contributed by atoms with van der Waals surface area (Å²) in [5.41, 5.74) is 2.51. The molecule has 0 spiro atoms. The van der Waals surface area contributed by atoms with E-state index in [1.807, 2.05) is 17.0 Å². The second-order valence-corrected chi connectivity index (χ2v) is 20.8. The maximum Gasteiger partial charge on any atom is 0.412 e. The van der Waals surface area contributed by atoms with Crippen LogP contribution in [0.1, 0.15) is 185 Å². The molecule has 7 unspecified atom stereocenters. The minimum absolute atomic E-state index is 0.00534. The second-order valence-electron chi connectivity index (χ2n) is 20.8. The number of aliphatic hydroxyl groups excluding tert-OH is 3. The SMILES string of the molecule is C=CCOC12Oc3ccc(OC(=O)NCCCCCCCCCCCC)cc3C3C(CCCCO)C(CCCCO)C=C(C(=NOC4CCCCO4)CC1N(CCOCCO)C(=O)CCC1CCCC1)C32. The number of fused-ring (bicyclic) bond motifs is 2. The van der Waals surface area contributed by atoms with Crippen LogP contribution in [-0.4, -0.2) is 115 Å². The topological polar surface area (TPSA) is 178 Å². The van der Waals surface area contributed by atoms with Gasteiger partial charge in [0.25, 0.3) is 0 Å². The number of nitrogens with zero attached hydrogens (tertiary/aromatic N) is 2. The van der Waals surface area contributed by atoms with Crippen molar-refractivity contribution in [2.75, 3.05) is 59.3 Å². The average molecular weight is 994 g/mol. The number of nitrogens with one attached hydrogen (secondary N) is 1. The number of rotatable bonds is 34. The number of carbonyl (C=O) groups is 2. The van der Waals surface area contributed by atoms with Gasteiger partial charge in [-0.3, -0.25) is 4.79 Å². The fraction of sp³-hybridized carbons (Fsp3) is 0.772. The third-order valence-electron chi connectivity index (χ3n) is 15.7. The second kappa shape index (κ2) is 31.3. The predicted octanol–water partition coefficient (Wildman–Crippen LogP) is 10.7. The van der Waals surface area contributed by atoms with E-state index in [9.17, 15) is 20.1 Å². The number of amides is 2. The molecule has 3 fully saturated rings. The van der Waals surface area contributed by atoms with Crippen LogP contribution in [0.3, 0.4) is 0 Å². The minimum atomic E-state index is -1.43. The van der Waals surface area contributed by atoms with Crippen molar-refractivity contribution < 1.29 is 53.4 Å². The van der Waals surface area contributed by atoms with Crippen LogP contribution in [0.2, 0.25) is 0 Å². The van der Waals surface area contributed by atoms with Gasteiger partial charge < -0.3 is 54.1 Å². The lowest BCUT2D eigenvalue weighted by molar-refractivity contribution is -0.258. The van der Waals surface area contributed by atoms with E-state index in [1.54, 1.807) is 12.1 Å². The summed E-state index contributed by atoms with van der Waals surface area (Å²) in [5.74, 6) is -0.710. The van der Waals surface area contributed by atoms with Crippen LogP contribution in [0.4, 0.5) is 4.79 Å². The third-order valence-corrected chi connectivity index (χ3v) is 15.7. The van der Waals surface area contributed by atoms with Crippen molar-refractivity contribution in [3.05, 3.63) is 48.1 Å². The number of aliphatic hydroxyl groups is 3. The van der Waals surface area contributed by atoms with Crippen molar-refractivity contribution in [3.8, 4) is 11.5 Å². The first-order valence-electron chi connectivity index (χ1n) is 28.2. The zero-order valence-electron chi connectivity index (χ0n) is 43.4. The summed E-state index contributed by atoms with van der Waals surface area (Å²) in [6.45, 7) is 8.21. The normalized spacial score (nSPS) is 25.5. The van der Waals surface area contributed by atoms with E-state index in [0.29, 0.717) is 62.0 Å². The highest BCUT2D eigenvalue weighted by molar-refractivity contribution is 6.03. The maximum absolute atomic E-state index is 15.0. The molecule has 2 saturated carbocycles. The van der Waals surface area contributed by atoms with Gasteiger partial charge >= 0.3 is 6.09 Å². The van der Waals surface area contributed by atoms with Gasteiger partial charge in [0.1, 0.15) is 17.5 Å². The molecule has 0 aromatic heterocycles. The van der Waals surface area contributed by atoms with E-state index < -0.39 is 30.1 Å². The lowest BCUT2D eigenvalue weighted by Crippen LogP contribution is -2.70. The van der Waals surface area contributed by atoms with Crippen molar-refractivity contribution in [2.24, 2.45) is 28.8 Å². The van der Waals surface area contributed by atoms with Crippen molar-refractivity contribution in [3.63, 3.8) is 0 Å². The molecular weight excluding hydrogens is 903 g/mol. The zero-order chi connectivity index (χ0) is 50.1. The van der Waals surface area contributed by atoms with Gasteiger partial charge in [0.15, 0.2) is 0 Å². The Hall–Kier alpha value is -3.53. The summed E-state index contributed by atoms with van der Waals surface area (Å²) in [5, 5.41) is 37.7. The summed E-state index contributed by atoms with van der Waals surface area (Å²) < 4.78 is 32.6. The monoisotopic (exact) mass is 994 g/mol. The number of allylic oxidation sites excluding steroid dienone is 1. The van der Waals surface area contributed by atoms with Gasteiger partial charge in [-0.25, -0.2) is 4.79 Å². The van der Waals surface area contributed by atoms with Crippen LogP contribution >= 0.6 is 0 Å². The quantitative estimate of drug-likeness (QED) is 0.0293. The highest BCUT2D eigenvalue weighted by Crippen LogP contribution is 2.62. The van der Waals surface area contributed by atoms with Gasteiger partial charge in [0.2, 0.25) is 18.0 Å². The first kappa shape index (κ1) is 56.8. The highest BCUT2D eigenvalue weighted by Gasteiger charge is 2.65. The van der Waals surface area contributed by atoms with Crippen LogP contribution in [0.5, 0.6) is 11.5 Å². The molecule has 0 radical (unpaired) electrons. The molecule has 2 heterocycles. The van der Waals surface area contributed by atoms with E-state index in [2.05, 4.69) is 24.9 Å². The standard InChI is InChI=1S/C57H91N3O11/c1-3-5-6-7-8-9-10-11-12-18-31-58-56(65)69-45-28-29-50-48(41-45)54-46(25-16-20-34-62)44(24-15-19-33-61)40-47-49(59-71-53-26-17-21-37-67-53)42-51(57(70-50,55(47)54)68-36-4-2)60(32-38-66-39-35-63)52(64)30-27-43-22-13-14-23-43/h4,28-29,40-41,43-44,46,51,53-55,61-63H,2-3,5-27,30-39,42H2,1H3,(H,58,65). The molecule has 71 heavy (non-hydrogen) atoms. The zero-order valence-corrected chi connectivity index (χ0v) is 43.4. The molecule has 400 valence electrons. The molecule has 5 aliphatic rings.